The van der Waals surface area contributed by atoms with Gasteiger partial charge in [0, 0.05) is 24.7 Å². The summed E-state index contributed by atoms with van der Waals surface area (Å²) in [5.74, 6) is 2.41. The molecule has 21 heavy (non-hydrogen) atoms. The van der Waals surface area contributed by atoms with Crippen molar-refractivity contribution in [2.75, 3.05) is 32.2 Å². The van der Waals surface area contributed by atoms with Gasteiger partial charge in [0.25, 0.3) is 0 Å². The highest BCUT2D eigenvalue weighted by molar-refractivity contribution is 5.95. The van der Waals surface area contributed by atoms with E-state index < -0.39 is 0 Å². The number of methoxy groups -OCH3 is 2. The summed E-state index contributed by atoms with van der Waals surface area (Å²) in [7, 11) is 3.29. The van der Waals surface area contributed by atoms with Crippen LogP contribution in [0.15, 0.2) is 24.4 Å². The van der Waals surface area contributed by atoms with Crippen LogP contribution in [0.1, 0.15) is 13.3 Å². The van der Waals surface area contributed by atoms with Gasteiger partial charge in [0.1, 0.15) is 5.82 Å². The van der Waals surface area contributed by atoms with E-state index in [1.54, 1.807) is 14.2 Å². The lowest BCUT2D eigenvalue weighted by Gasteiger charge is -2.48. The average Bonchev–Trinajstić information content (AvgIpc) is 2.49. The number of fused-ring (bicyclic) bond motifs is 1. The first-order valence-electron chi connectivity index (χ1n) is 7.15. The molecule has 5 nitrogen and oxygen atoms in total. The zero-order valence-electron chi connectivity index (χ0n) is 12.7. The molecule has 0 aliphatic carbocycles. The van der Waals surface area contributed by atoms with Crippen LogP contribution in [0.2, 0.25) is 0 Å². The third kappa shape index (κ3) is 2.27. The molecular weight excluding hydrogens is 266 g/mol. The third-order valence-electron chi connectivity index (χ3n) is 4.26. The number of benzene rings is 1. The van der Waals surface area contributed by atoms with Gasteiger partial charge in [0.05, 0.1) is 19.8 Å². The van der Waals surface area contributed by atoms with Crippen LogP contribution in [0.5, 0.6) is 11.5 Å². The zero-order chi connectivity index (χ0) is 15.0. The Balaban J connectivity index is 2.04. The monoisotopic (exact) mass is 287 g/mol. The predicted molar refractivity (Wildman–Crippen MR) is 84.3 cm³/mol. The topological polar surface area (TPSA) is 60.6 Å². The van der Waals surface area contributed by atoms with Crippen molar-refractivity contribution in [1.82, 2.24) is 4.98 Å². The molecule has 3 rings (SSSR count). The van der Waals surface area contributed by atoms with Gasteiger partial charge in [0.15, 0.2) is 11.5 Å². The summed E-state index contributed by atoms with van der Waals surface area (Å²) in [5.41, 5.74) is 6.18. The molecular formula is C16H21N3O2. The first kappa shape index (κ1) is 13.9. The van der Waals surface area contributed by atoms with Crippen molar-refractivity contribution >= 4 is 16.6 Å². The van der Waals surface area contributed by atoms with Gasteiger partial charge < -0.3 is 20.1 Å². The summed E-state index contributed by atoms with van der Waals surface area (Å²) < 4.78 is 10.8. The van der Waals surface area contributed by atoms with E-state index in [9.17, 15) is 0 Å². The number of nitrogens with two attached hydrogens (primary N) is 1. The Morgan fingerprint density at radius 3 is 2.52 bits per heavy atom. The highest BCUT2D eigenvalue weighted by Crippen LogP contribution is 2.37. The highest BCUT2D eigenvalue weighted by atomic mass is 16.5. The average molecular weight is 287 g/mol. The molecule has 1 aromatic carbocycles. The molecule has 1 fully saturated rings. The molecule has 1 saturated heterocycles. The Morgan fingerprint density at radius 2 is 1.90 bits per heavy atom. The largest absolute Gasteiger partial charge is 0.493 e. The first-order chi connectivity index (χ1) is 10.1. The van der Waals surface area contributed by atoms with Crippen molar-refractivity contribution in [2.45, 2.75) is 18.9 Å². The summed E-state index contributed by atoms with van der Waals surface area (Å²) >= 11 is 0. The highest BCUT2D eigenvalue weighted by Gasteiger charge is 2.39. The Labute approximate surface area is 124 Å². The van der Waals surface area contributed by atoms with Crippen molar-refractivity contribution in [3.63, 3.8) is 0 Å². The number of hydrogen-bond donors (Lipinski definition) is 1. The van der Waals surface area contributed by atoms with E-state index in [1.165, 1.54) is 0 Å². The van der Waals surface area contributed by atoms with E-state index in [0.717, 1.165) is 41.9 Å². The molecule has 1 aliphatic rings. The van der Waals surface area contributed by atoms with Gasteiger partial charge in [-0.3, -0.25) is 0 Å². The number of hydrogen-bond acceptors (Lipinski definition) is 5. The van der Waals surface area contributed by atoms with Crippen LogP contribution in [0.4, 0.5) is 5.82 Å². The van der Waals surface area contributed by atoms with E-state index >= 15 is 0 Å². The normalized spacial score (nSPS) is 16.7. The fourth-order valence-electron chi connectivity index (χ4n) is 2.82. The maximum absolute atomic E-state index is 6.26. The number of anilines is 1. The minimum atomic E-state index is -0.0829. The van der Waals surface area contributed by atoms with Gasteiger partial charge >= 0.3 is 0 Å². The van der Waals surface area contributed by atoms with Crippen LogP contribution in [-0.2, 0) is 0 Å². The van der Waals surface area contributed by atoms with Gasteiger partial charge in [-0.15, -0.1) is 0 Å². The summed E-state index contributed by atoms with van der Waals surface area (Å²) in [6, 6.07) is 5.95. The number of nitrogens with zero attached hydrogens (tertiary/aromatic N) is 2. The molecule has 2 aromatic rings. The molecule has 0 atom stereocenters. The van der Waals surface area contributed by atoms with E-state index in [0.29, 0.717) is 5.75 Å². The molecule has 2 heterocycles. The number of rotatable bonds is 4. The lowest BCUT2D eigenvalue weighted by Crippen LogP contribution is -2.67. The second-order valence-corrected chi connectivity index (χ2v) is 5.63. The maximum atomic E-state index is 6.26. The van der Waals surface area contributed by atoms with Gasteiger partial charge in [-0.1, -0.05) is 6.92 Å². The van der Waals surface area contributed by atoms with Gasteiger partial charge in [0.2, 0.25) is 0 Å². The lowest BCUT2D eigenvalue weighted by molar-refractivity contribution is 0.321. The standard InChI is InChI=1S/C16H21N3O2/c1-4-16(17)9-19(10-16)15-12-8-14(21-3)13(20-2)7-11(12)5-6-18-15/h5-8H,4,9-10,17H2,1-3H3. The van der Waals surface area contributed by atoms with Crippen molar-refractivity contribution in [3.05, 3.63) is 24.4 Å². The maximum Gasteiger partial charge on any atom is 0.161 e. The predicted octanol–water partition coefficient (Wildman–Crippen LogP) is 2.18. The molecule has 0 bridgehead atoms. The molecule has 0 radical (unpaired) electrons. The van der Waals surface area contributed by atoms with Crippen molar-refractivity contribution in [2.24, 2.45) is 5.73 Å². The van der Waals surface area contributed by atoms with Crippen LogP contribution in [0.25, 0.3) is 10.8 Å². The fraction of sp³-hybridized carbons (Fsp3) is 0.438. The summed E-state index contributed by atoms with van der Waals surface area (Å²) in [6.07, 6.45) is 2.80. The zero-order valence-corrected chi connectivity index (χ0v) is 12.7. The van der Waals surface area contributed by atoms with E-state index in [1.807, 2.05) is 24.4 Å². The van der Waals surface area contributed by atoms with Crippen molar-refractivity contribution in [1.29, 1.82) is 0 Å². The molecule has 0 saturated carbocycles. The van der Waals surface area contributed by atoms with E-state index in [4.69, 9.17) is 15.2 Å². The summed E-state index contributed by atoms with van der Waals surface area (Å²) in [6.45, 7) is 3.80. The van der Waals surface area contributed by atoms with Gasteiger partial charge in [-0.25, -0.2) is 4.98 Å². The van der Waals surface area contributed by atoms with Gasteiger partial charge in [-0.05, 0) is 30.0 Å². The second kappa shape index (κ2) is 5.07. The Morgan fingerprint density at radius 1 is 1.24 bits per heavy atom. The van der Waals surface area contributed by atoms with Crippen LogP contribution < -0.4 is 20.1 Å². The third-order valence-corrected chi connectivity index (χ3v) is 4.26. The molecule has 1 aromatic heterocycles. The number of aromatic nitrogens is 1. The molecule has 0 unspecified atom stereocenters. The fourth-order valence-corrected chi connectivity index (χ4v) is 2.82. The van der Waals surface area contributed by atoms with Crippen LogP contribution in [0, 0.1) is 0 Å². The van der Waals surface area contributed by atoms with Crippen molar-refractivity contribution in [3.8, 4) is 11.5 Å². The Bertz CT molecular complexity index is 666. The number of ether oxygens (including phenoxy) is 2. The van der Waals surface area contributed by atoms with Crippen LogP contribution in [0.3, 0.4) is 0 Å². The van der Waals surface area contributed by atoms with E-state index in [2.05, 4.69) is 16.8 Å². The first-order valence-corrected chi connectivity index (χ1v) is 7.15. The molecule has 112 valence electrons. The molecule has 2 N–H and O–H groups in total. The Hall–Kier alpha value is -2.01. The van der Waals surface area contributed by atoms with Crippen LogP contribution in [-0.4, -0.2) is 37.8 Å². The quantitative estimate of drug-likeness (QED) is 0.934. The molecule has 0 spiro atoms. The van der Waals surface area contributed by atoms with Crippen molar-refractivity contribution < 1.29 is 9.47 Å². The molecule has 1 aliphatic heterocycles. The Kier molecular flexibility index (Phi) is 3.37. The minimum absolute atomic E-state index is 0.0829. The van der Waals surface area contributed by atoms with Crippen LogP contribution >= 0.6 is 0 Å². The lowest BCUT2D eigenvalue weighted by atomic mass is 9.88. The molecule has 0 amide bonds. The smallest absolute Gasteiger partial charge is 0.161 e. The summed E-state index contributed by atoms with van der Waals surface area (Å²) in [5, 5.41) is 2.15. The second-order valence-electron chi connectivity index (χ2n) is 5.63. The number of pyridine rings is 1. The van der Waals surface area contributed by atoms with Gasteiger partial charge in [-0.2, -0.15) is 0 Å². The summed E-state index contributed by atoms with van der Waals surface area (Å²) in [4.78, 5) is 6.75. The van der Waals surface area contributed by atoms with E-state index in [-0.39, 0.29) is 5.54 Å². The molecule has 5 heteroatoms. The SMILES string of the molecule is CCC1(N)CN(c2nccc3cc(OC)c(OC)cc23)C1. The minimum Gasteiger partial charge on any atom is -0.493 e.